The molecule has 0 spiro atoms. The van der Waals surface area contributed by atoms with Gasteiger partial charge >= 0.3 is 0 Å². The van der Waals surface area contributed by atoms with Crippen LogP contribution in [0.2, 0.25) is 0 Å². The molecule has 0 saturated carbocycles. The average Bonchev–Trinajstić information content (AvgIpc) is 1.52. The Kier molecular flexibility index (Phi) is 16.6. The Morgan fingerprint density at radius 1 is 0.142 bits per heavy atom. The average molecular weight is 1520 g/mol. The topological polar surface area (TPSA) is 43.5 Å². The minimum absolute atomic E-state index is 0.509. The molecule has 23 rings (SSSR count). The molecule has 0 aliphatic carbocycles. The zero-order valence-corrected chi connectivity index (χ0v) is 65.4. The first kappa shape index (κ1) is 69.4. The van der Waals surface area contributed by atoms with Crippen molar-refractivity contribution in [2.75, 3.05) is 0 Å². The lowest BCUT2D eigenvalue weighted by atomic mass is 9.92. The van der Waals surface area contributed by atoms with Crippen LogP contribution in [0.1, 0.15) is 5.56 Å². The van der Waals surface area contributed by atoms with Crippen molar-refractivity contribution in [3.8, 4) is 140 Å². The van der Waals surface area contributed by atoms with Crippen LogP contribution in [0.15, 0.2) is 443 Å². The maximum absolute atomic E-state index is 12.7. The largest absolute Gasteiger partial charge is 0.309 e. The Balaban J connectivity index is 0.892. The summed E-state index contributed by atoms with van der Waals surface area (Å²) in [7, 11) is 0. The van der Waals surface area contributed by atoms with Crippen LogP contribution in [0.5, 0.6) is 0 Å². The summed E-state index contributed by atoms with van der Waals surface area (Å²) in [5.41, 5.74) is 34.1. The molecule has 0 aliphatic heterocycles. The molecule has 0 radical (unpaired) electrons. The van der Waals surface area contributed by atoms with Crippen molar-refractivity contribution in [2.45, 2.75) is 0 Å². The van der Waals surface area contributed by atoms with Crippen LogP contribution in [0.3, 0.4) is 0 Å². The molecule has 5 heteroatoms. The van der Waals surface area contributed by atoms with Gasteiger partial charge in [-0.2, -0.15) is 5.26 Å². The fourth-order valence-electron chi connectivity index (χ4n) is 18.9. The van der Waals surface area contributed by atoms with Crippen molar-refractivity contribution < 1.29 is 0 Å². The van der Waals surface area contributed by atoms with Crippen molar-refractivity contribution in [3.05, 3.63) is 448 Å². The summed E-state index contributed by atoms with van der Waals surface area (Å²) in [6.45, 7) is 0. The van der Waals surface area contributed by atoms with E-state index in [2.05, 4.69) is 467 Å². The second-order valence-corrected chi connectivity index (χ2v) is 31.4. The van der Waals surface area contributed by atoms with E-state index in [1.165, 1.54) is 0 Å². The fourth-order valence-corrected chi connectivity index (χ4v) is 18.9. The van der Waals surface area contributed by atoms with E-state index in [-0.39, 0.29) is 0 Å². The third-order valence-corrected chi connectivity index (χ3v) is 24.6. The third-order valence-electron chi connectivity index (χ3n) is 24.6. The molecule has 120 heavy (non-hydrogen) atoms. The molecule has 19 aromatic carbocycles. The highest BCUT2D eigenvalue weighted by molar-refractivity contribution is 6.17. The Hall–Kier alpha value is -16.1. The first-order valence-electron chi connectivity index (χ1n) is 41.1. The van der Waals surface area contributed by atoms with Gasteiger partial charge in [0.2, 0.25) is 0 Å². The second kappa shape index (κ2) is 28.7. The summed E-state index contributed by atoms with van der Waals surface area (Å²) in [6.07, 6.45) is 0. The van der Waals surface area contributed by atoms with Gasteiger partial charge in [0.25, 0.3) is 0 Å². The van der Waals surface area contributed by atoms with Crippen molar-refractivity contribution in [3.63, 3.8) is 0 Å². The van der Waals surface area contributed by atoms with E-state index < -0.39 is 0 Å². The summed E-state index contributed by atoms with van der Waals surface area (Å²) in [4.78, 5) is 0. The molecule has 0 amide bonds. The molecule has 558 valence electrons. The lowest BCUT2D eigenvalue weighted by molar-refractivity contribution is 1.12. The lowest BCUT2D eigenvalue weighted by Crippen LogP contribution is -2.07. The molecule has 5 nitrogen and oxygen atoms in total. The van der Waals surface area contributed by atoms with Gasteiger partial charge in [-0.25, -0.2) is 0 Å². The number of nitriles is 1. The Morgan fingerprint density at radius 2 is 0.317 bits per heavy atom. The summed E-state index contributed by atoms with van der Waals surface area (Å²) < 4.78 is 9.94. The second-order valence-electron chi connectivity index (χ2n) is 31.4. The monoisotopic (exact) mass is 1520 g/mol. The Morgan fingerprint density at radius 3 is 0.525 bits per heavy atom. The van der Waals surface area contributed by atoms with E-state index >= 15 is 0 Å². The smallest absolute Gasteiger partial charge is 0.101 e. The number of hydrogen-bond donors (Lipinski definition) is 0. The molecule has 0 bridgehead atoms. The molecule has 0 N–H and O–H groups in total. The molecular formula is C115H73N5. The highest BCUT2D eigenvalue weighted by atomic mass is 15.0. The van der Waals surface area contributed by atoms with Gasteiger partial charge in [0.15, 0.2) is 0 Å². The standard InChI is InChI=1S/C115H73N5/c116-74-92-70-102(114(119-108-58-50-88(79-36-18-5-19-37-79)66-98(108)99-67-89(51-59-109(99)119)80-38-20-6-21-39-80)72-112(92)117-104-54-46-84(75-28-10-1-11-29-75)62-94(104)95-63-85(47-55-105(95)117)76-30-12-2-13-31-76)103-71-93(83-44-26-9-27-45-83)113(118-106-56-48-86(77-32-14-3-15-33-77)64-96(106)97-65-87(49-57-107(97)118)78-34-16-4-17-35-78)73-115(103)120-110-60-52-90(81-40-22-7-23-41-81)68-100(110)101-69-91(53-61-111(101)120)82-42-24-8-25-43-82/h1-73H. The van der Waals surface area contributed by atoms with E-state index in [1.54, 1.807) is 0 Å². The van der Waals surface area contributed by atoms with Crippen LogP contribution in [0, 0.1) is 11.3 Å². The van der Waals surface area contributed by atoms with Crippen LogP contribution in [0.25, 0.3) is 221 Å². The zero-order chi connectivity index (χ0) is 79.3. The number of fused-ring (bicyclic) bond motifs is 12. The van der Waals surface area contributed by atoms with Gasteiger partial charge in [0.1, 0.15) is 6.07 Å². The molecule has 0 saturated heterocycles. The van der Waals surface area contributed by atoms with Crippen LogP contribution in [-0.4, -0.2) is 18.3 Å². The van der Waals surface area contributed by atoms with Gasteiger partial charge in [0, 0.05) is 59.8 Å². The minimum Gasteiger partial charge on any atom is -0.309 e. The number of hydrogen-bond acceptors (Lipinski definition) is 1. The van der Waals surface area contributed by atoms with Crippen molar-refractivity contribution in [1.29, 1.82) is 5.26 Å². The van der Waals surface area contributed by atoms with Crippen LogP contribution >= 0.6 is 0 Å². The summed E-state index contributed by atoms with van der Waals surface area (Å²) in [5.74, 6) is 0. The number of aromatic nitrogens is 4. The van der Waals surface area contributed by atoms with Crippen molar-refractivity contribution in [2.24, 2.45) is 0 Å². The van der Waals surface area contributed by atoms with Gasteiger partial charge in [-0.05, 0) is 216 Å². The van der Waals surface area contributed by atoms with E-state index in [9.17, 15) is 5.26 Å². The molecule has 23 aromatic rings. The SMILES string of the molecule is N#Cc1cc(-c2cc(-c3ccccc3)c(-n3c4ccc(-c5ccccc5)cc4c4cc(-c5ccccc5)ccc43)cc2-n2c3ccc(-c4ccccc4)cc3c3cc(-c4ccccc4)ccc32)c(-n2c3ccc(-c4ccccc4)cc3c3cc(-c4ccccc4)ccc32)cc1-n1c2ccc(-c3ccccc3)cc2c2cc(-c3ccccc3)ccc21. The molecule has 4 aromatic heterocycles. The molecule has 0 unspecified atom stereocenters. The predicted octanol–water partition coefficient (Wildman–Crippen LogP) is 30.6. The minimum atomic E-state index is 0.509. The molecule has 4 heterocycles. The highest BCUT2D eigenvalue weighted by Gasteiger charge is 2.30. The molecule has 0 aliphatic rings. The lowest BCUT2D eigenvalue weighted by Gasteiger charge is -2.24. The summed E-state index contributed by atoms with van der Waals surface area (Å²) in [6, 6.07) is 165. The maximum Gasteiger partial charge on any atom is 0.101 e. The molecule has 0 atom stereocenters. The maximum atomic E-state index is 12.7. The van der Waals surface area contributed by atoms with Gasteiger partial charge in [-0.15, -0.1) is 0 Å². The summed E-state index contributed by atoms with van der Waals surface area (Å²) in [5, 5.41) is 21.6. The summed E-state index contributed by atoms with van der Waals surface area (Å²) >= 11 is 0. The quantitative estimate of drug-likeness (QED) is 0.107. The van der Waals surface area contributed by atoms with Crippen LogP contribution in [0.4, 0.5) is 0 Å². The first-order chi connectivity index (χ1) is 59.5. The molecular weight excluding hydrogens is 1450 g/mol. The van der Waals surface area contributed by atoms with Gasteiger partial charge < -0.3 is 18.3 Å². The number of benzene rings is 19. The van der Waals surface area contributed by atoms with E-state index in [0.29, 0.717) is 5.56 Å². The third kappa shape index (κ3) is 11.7. The van der Waals surface area contributed by atoms with Crippen LogP contribution < -0.4 is 0 Å². The van der Waals surface area contributed by atoms with Crippen LogP contribution in [-0.2, 0) is 0 Å². The Bertz CT molecular complexity index is 7630. The number of nitrogens with zero attached hydrogens (tertiary/aromatic N) is 5. The molecule has 0 fully saturated rings. The first-order valence-corrected chi connectivity index (χ1v) is 41.1. The normalized spacial score (nSPS) is 11.7. The predicted molar refractivity (Wildman–Crippen MR) is 503 cm³/mol. The van der Waals surface area contributed by atoms with E-state index in [1.807, 2.05) is 0 Å². The Labute approximate surface area is 694 Å². The fraction of sp³-hybridized carbons (Fsp3) is 0. The van der Waals surface area contributed by atoms with E-state index in [4.69, 9.17) is 0 Å². The number of rotatable bonds is 14. The van der Waals surface area contributed by atoms with Gasteiger partial charge in [-0.3, -0.25) is 0 Å². The van der Waals surface area contributed by atoms with Gasteiger partial charge in [0.05, 0.1) is 72.4 Å². The van der Waals surface area contributed by atoms with Crippen molar-refractivity contribution in [1.82, 2.24) is 18.3 Å². The van der Waals surface area contributed by atoms with E-state index in [0.717, 1.165) is 221 Å². The van der Waals surface area contributed by atoms with Gasteiger partial charge in [-0.1, -0.05) is 322 Å². The highest BCUT2D eigenvalue weighted by Crippen LogP contribution is 2.51. The van der Waals surface area contributed by atoms with Crippen molar-refractivity contribution >= 4 is 87.2 Å². The zero-order valence-electron chi connectivity index (χ0n) is 65.4.